The monoisotopic (exact) mass is 176 g/mol. The molecule has 0 aromatic heterocycles. The van der Waals surface area contributed by atoms with Crippen molar-refractivity contribution >= 4 is 12.4 Å². The van der Waals surface area contributed by atoms with Crippen molar-refractivity contribution in [2.24, 2.45) is 0 Å². The molecular formula is C8H17ClN2. The van der Waals surface area contributed by atoms with Crippen LogP contribution in [0.3, 0.4) is 0 Å². The Kier molecular flexibility index (Phi) is 3.16. The van der Waals surface area contributed by atoms with Gasteiger partial charge in [0.1, 0.15) is 0 Å². The molecule has 2 fully saturated rings. The fourth-order valence-electron chi connectivity index (χ4n) is 1.73. The molecule has 11 heavy (non-hydrogen) atoms. The van der Waals surface area contributed by atoms with E-state index in [0.717, 1.165) is 6.04 Å². The first-order chi connectivity index (χ1) is 4.86. The first-order valence-electron chi connectivity index (χ1n) is 4.33. The molecule has 1 atom stereocenters. The van der Waals surface area contributed by atoms with Crippen molar-refractivity contribution in [3.8, 4) is 0 Å². The van der Waals surface area contributed by atoms with Gasteiger partial charge in [0.15, 0.2) is 0 Å². The van der Waals surface area contributed by atoms with E-state index in [2.05, 4.69) is 17.1 Å². The van der Waals surface area contributed by atoms with E-state index in [1.165, 1.54) is 32.5 Å². The minimum absolute atomic E-state index is 0. The Morgan fingerprint density at radius 3 is 2.64 bits per heavy atom. The largest absolute Gasteiger partial charge is 0.312 e. The van der Waals surface area contributed by atoms with E-state index >= 15 is 0 Å². The summed E-state index contributed by atoms with van der Waals surface area (Å²) in [5.41, 5.74) is 0. The molecule has 1 N–H and O–H groups in total. The topological polar surface area (TPSA) is 15.3 Å². The zero-order valence-corrected chi connectivity index (χ0v) is 7.86. The van der Waals surface area contributed by atoms with Gasteiger partial charge in [-0.15, -0.1) is 12.4 Å². The van der Waals surface area contributed by atoms with Crippen LogP contribution in [0.5, 0.6) is 0 Å². The molecule has 1 aliphatic heterocycles. The Morgan fingerprint density at radius 1 is 1.36 bits per heavy atom. The first kappa shape index (κ1) is 9.30. The fraction of sp³-hybridized carbons (Fsp3) is 1.00. The summed E-state index contributed by atoms with van der Waals surface area (Å²) in [6.45, 7) is 6.01. The highest BCUT2D eigenvalue weighted by molar-refractivity contribution is 5.85. The Balaban J connectivity index is 0.000000605. The lowest BCUT2D eigenvalue weighted by Gasteiger charge is -2.31. The van der Waals surface area contributed by atoms with Gasteiger partial charge in [0, 0.05) is 31.7 Å². The third-order valence-electron chi connectivity index (χ3n) is 2.46. The minimum atomic E-state index is 0. The average molecular weight is 177 g/mol. The fourth-order valence-corrected chi connectivity index (χ4v) is 1.73. The van der Waals surface area contributed by atoms with Crippen LogP contribution in [-0.2, 0) is 0 Å². The van der Waals surface area contributed by atoms with Crippen LogP contribution in [-0.4, -0.2) is 36.6 Å². The molecule has 1 unspecified atom stereocenters. The lowest BCUT2D eigenvalue weighted by molar-refractivity contribution is 0.198. The molecule has 2 rings (SSSR count). The molecule has 0 spiro atoms. The van der Waals surface area contributed by atoms with Gasteiger partial charge in [0.25, 0.3) is 0 Å². The maximum absolute atomic E-state index is 3.45. The van der Waals surface area contributed by atoms with Gasteiger partial charge in [0.05, 0.1) is 0 Å². The molecule has 2 aliphatic rings. The number of nitrogens with one attached hydrogen (secondary N) is 1. The third kappa shape index (κ3) is 2.32. The highest BCUT2D eigenvalue weighted by atomic mass is 35.5. The SMILES string of the molecule is CC1CN(C2CC2)CCN1.Cl. The molecule has 1 heterocycles. The van der Waals surface area contributed by atoms with Gasteiger partial charge in [-0.25, -0.2) is 0 Å². The van der Waals surface area contributed by atoms with Crippen molar-refractivity contribution in [3.05, 3.63) is 0 Å². The van der Waals surface area contributed by atoms with Gasteiger partial charge in [-0.1, -0.05) is 0 Å². The molecule has 0 radical (unpaired) electrons. The molecule has 0 aromatic carbocycles. The van der Waals surface area contributed by atoms with Crippen LogP contribution < -0.4 is 5.32 Å². The summed E-state index contributed by atoms with van der Waals surface area (Å²) in [5.74, 6) is 0. The summed E-state index contributed by atoms with van der Waals surface area (Å²) in [6.07, 6.45) is 2.90. The summed E-state index contributed by atoms with van der Waals surface area (Å²) in [7, 11) is 0. The summed E-state index contributed by atoms with van der Waals surface area (Å²) >= 11 is 0. The lowest BCUT2D eigenvalue weighted by atomic mass is 10.2. The second-order valence-corrected chi connectivity index (χ2v) is 3.58. The molecule has 3 heteroatoms. The summed E-state index contributed by atoms with van der Waals surface area (Å²) in [4.78, 5) is 2.63. The van der Waals surface area contributed by atoms with E-state index in [1.807, 2.05) is 0 Å². The van der Waals surface area contributed by atoms with E-state index < -0.39 is 0 Å². The number of piperazine rings is 1. The highest BCUT2D eigenvalue weighted by Crippen LogP contribution is 2.27. The third-order valence-corrected chi connectivity index (χ3v) is 2.46. The molecule has 0 aromatic rings. The van der Waals surface area contributed by atoms with Crippen molar-refractivity contribution < 1.29 is 0 Å². The number of hydrogen-bond donors (Lipinski definition) is 1. The van der Waals surface area contributed by atoms with Gasteiger partial charge in [0.2, 0.25) is 0 Å². The van der Waals surface area contributed by atoms with Crippen LogP contribution in [0.2, 0.25) is 0 Å². The van der Waals surface area contributed by atoms with E-state index in [9.17, 15) is 0 Å². The van der Waals surface area contributed by atoms with Crippen LogP contribution in [0.15, 0.2) is 0 Å². The number of hydrogen-bond acceptors (Lipinski definition) is 2. The predicted molar refractivity (Wildman–Crippen MR) is 49.3 cm³/mol. The van der Waals surface area contributed by atoms with Gasteiger partial charge in [-0.05, 0) is 19.8 Å². The molecule has 1 saturated carbocycles. The van der Waals surface area contributed by atoms with Crippen LogP contribution in [0.1, 0.15) is 19.8 Å². The van der Waals surface area contributed by atoms with Crippen molar-refractivity contribution in [1.29, 1.82) is 0 Å². The maximum atomic E-state index is 3.45. The van der Waals surface area contributed by atoms with Crippen LogP contribution >= 0.6 is 12.4 Å². The lowest BCUT2D eigenvalue weighted by Crippen LogP contribution is -2.49. The van der Waals surface area contributed by atoms with Crippen LogP contribution in [0.25, 0.3) is 0 Å². The van der Waals surface area contributed by atoms with Crippen molar-refractivity contribution in [3.63, 3.8) is 0 Å². The van der Waals surface area contributed by atoms with Crippen molar-refractivity contribution in [1.82, 2.24) is 10.2 Å². The second-order valence-electron chi connectivity index (χ2n) is 3.58. The Morgan fingerprint density at radius 2 is 2.09 bits per heavy atom. The molecule has 0 amide bonds. The number of nitrogens with zero attached hydrogens (tertiary/aromatic N) is 1. The summed E-state index contributed by atoms with van der Waals surface area (Å²) in [6, 6.07) is 1.68. The average Bonchev–Trinajstić information content (AvgIpc) is 2.68. The second kappa shape index (κ2) is 3.74. The predicted octanol–water partition coefficient (Wildman–Crippen LogP) is 0.864. The van der Waals surface area contributed by atoms with E-state index in [4.69, 9.17) is 0 Å². The minimum Gasteiger partial charge on any atom is -0.312 e. The molecule has 66 valence electrons. The van der Waals surface area contributed by atoms with Gasteiger partial charge in [-0.3, -0.25) is 4.90 Å². The molecule has 1 aliphatic carbocycles. The molecule has 2 nitrogen and oxygen atoms in total. The Bertz CT molecular complexity index is 125. The van der Waals surface area contributed by atoms with Gasteiger partial charge >= 0.3 is 0 Å². The first-order valence-corrected chi connectivity index (χ1v) is 4.33. The highest BCUT2D eigenvalue weighted by Gasteiger charge is 2.30. The van der Waals surface area contributed by atoms with Gasteiger partial charge < -0.3 is 5.32 Å². The summed E-state index contributed by atoms with van der Waals surface area (Å²) < 4.78 is 0. The van der Waals surface area contributed by atoms with E-state index in [-0.39, 0.29) is 12.4 Å². The van der Waals surface area contributed by atoms with E-state index in [0.29, 0.717) is 6.04 Å². The standard InChI is InChI=1S/C8H16N2.ClH/c1-7-6-10(5-4-9-7)8-2-3-8;/h7-9H,2-6H2,1H3;1H. The van der Waals surface area contributed by atoms with Gasteiger partial charge in [-0.2, -0.15) is 0 Å². The van der Waals surface area contributed by atoms with Crippen molar-refractivity contribution in [2.45, 2.75) is 31.8 Å². The number of rotatable bonds is 1. The molecule has 0 bridgehead atoms. The Labute approximate surface area is 74.7 Å². The zero-order valence-electron chi connectivity index (χ0n) is 7.05. The quantitative estimate of drug-likeness (QED) is 0.638. The van der Waals surface area contributed by atoms with Crippen molar-refractivity contribution in [2.75, 3.05) is 19.6 Å². The molecule has 1 saturated heterocycles. The normalized spacial score (nSPS) is 33.0. The van der Waals surface area contributed by atoms with E-state index in [1.54, 1.807) is 0 Å². The van der Waals surface area contributed by atoms with Crippen LogP contribution in [0, 0.1) is 0 Å². The van der Waals surface area contributed by atoms with Crippen LogP contribution in [0.4, 0.5) is 0 Å². The molecular weight excluding hydrogens is 160 g/mol. The number of halogens is 1. The maximum Gasteiger partial charge on any atom is 0.0167 e. The Hall–Kier alpha value is 0.210. The summed E-state index contributed by atoms with van der Waals surface area (Å²) in [5, 5.41) is 3.45. The smallest absolute Gasteiger partial charge is 0.0167 e. The zero-order chi connectivity index (χ0) is 6.97.